The second kappa shape index (κ2) is 7.68. The number of hydrogen-bond donors (Lipinski definition) is 2. The topological polar surface area (TPSA) is 50.4 Å². The summed E-state index contributed by atoms with van der Waals surface area (Å²) in [6.07, 6.45) is 0.316. The first-order valence-corrected chi connectivity index (χ1v) is 7.78. The van der Waals surface area contributed by atoms with E-state index in [2.05, 4.69) is 31.4 Å². The first kappa shape index (κ1) is 16.9. The average molecular weight is 312 g/mol. The summed E-state index contributed by atoms with van der Waals surface area (Å²) >= 11 is 0. The smallest absolute Gasteiger partial charge is 0.227 e. The van der Waals surface area contributed by atoms with Gasteiger partial charge in [-0.05, 0) is 57.2 Å². The van der Waals surface area contributed by atoms with Gasteiger partial charge in [-0.25, -0.2) is 0 Å². The highest BCUT2D eigenvalue weighted by molar-refractivity contribution is 5.90. The summed E-state index contributed by atoms with van der Waals surface area (Å²) in [6.45, 7) is 6.68. The molecule has 1 amide bonds. The lowest BCUT2D eigenvalue weighted by Crippen LogP contribution is -2.25. The molecule has 0 aromatic heterocycles. The van der Waals surface area contributed by atoms with Crippen LogP contribution in [0.15, 0.2) is 54.6 Å². The number of ether oxygens (including phenoxy) is 1. The normalized spacial score (nSPS) is 10.9. The first-order chi connectivity index (χ1) is 10.9. The summed E-state index contributed by atoms with van der Waals surface area (Å²) in [5.41, 5.74) is 1.83. The fourth-order valence-electron chi connectivity index (χ4n) is 2.07. The lowest BCUT2D eigenvalue weighted by molar-refractivity contribution is -0.116. The van der Waals surface area contributed by atoms with Crippen LogP contribution in [0.25, 0.3) is 0 Å². The minimum Gasteiger partial charge on any atom is -0.493 e. The van der Waals surface area contributed by atoms with Crippen molar-refractivity contribution < 1.29 is 9.53 Å². The molecule has 0 bridgehead atoms. The Labute approximate surface area is 137 Å². The number of carbonyl (C=O) groups excluding carboxylic acids is 1. The van der Waals surface area contributed by atoms with E-state index in [9.17, 15) is 4.79 Å². The van der Waals surface area contributed by atoms with Gasteiger partial charge in [-0.1, -0.05) is 18.2 Å². The van der Waals surface area contributed by atoms with Crippen LogP contribution in [-0.4, -0.2) is 18.1 Å². The second-order valence-corrected chi connectivity index (χ2v) is 6.41. The molecule has 2 N–H and O–H groups in total. The molecule has 0 atom stereocenters. The predicted octanol–water partition coefficient (Wildman–Crippen LogP) is 4.30. The Hall–Kier alpha value is -2.49. The zero-order valence-corrected chi connectivity index (χ0v) is 13.9. The van der Waals surface area contributed by atoms with E-state index in [0.717, 1.165) is 17.1 Å². The Morgan fingerprint density at radius 2 is 1.57 bits per heavy atom. The number of hydrogen-bond acceptors (Lipinski definition) is 3. The third-order valence-corrected chi connectivity index (χ3v) is 3.03. The molecular formula is C19H24N2O2. The van der Waals surface area contributed by atoms with E-state index in [1.165, 1.54) is 0 Å². The monoisotopic (exact) mass is 312 g/mol. The molecule has 0 radical (unpaired) electrons. The van der Waals surface area contributed by atoms with Crippen molar-refractivity contribution in [1.29, 1.82) is 0 Å². The SMILES string of the molecule is CC(C)(C)Nc1ccc(NC(=O)CCOc2ccccc2)cc1. The van der Waals surface area contributed by atoms with Gasteiger partial charge in [0.2, 0.25) is 5.91 Å². The summed E-state index contributed by atoms with van der Waals surface area (Å²) < 4.78 is 5.52. The molecule has 122 valence electrons. The van der Waals surface area contributed by atoms with E-state index in [-0.39, 0.29) is 11.4 Å². The van der Waals surface area contributed by atoms with Crippen LogP contribution in [0.1, 0.15) is 27.2 Å². The molecular weight excluding hydrogens is 288 g/mol. The van der Waals surface area contributed by atoms with Crippen molar-refractivity contribution in [2.75, 3.05) is 17.2 Å². The van der Waals surface area contributed by atoms with Crippen LogP contribution in [0.2, 0.25) is 0 Å². The summed E-state index contributed by atoms with van der Waals surface area (Å²) in [5, 5.41) is 6.25. The molecule has 23 heavy (non-hydrogen) atoms. The first-order valence-electron chi connectivity index (χ1n) is 7.78. The van der Waals surface area contributed by atoms with Crippen LogP contribution in [0.4, 0.5) is 11.4 Å². The lowest BCUT2D eigenvalue weighted by atomic mass is 10.1. The molecule has 0 aliphatic rings. The predicted molar refractivity (Wildman–Crippen MR) is 95.0 cm³/mol. The summed E-state index contributed by atoms with van der Waals surface area (Å²) in [4.78, 5) is 11.9. The second-order valence-electron chi connectivity index (χ2n) is 6.41. The quantitative estimate of drug-likeness (QED) is 0.836. The molecule has 2 aromatic carbocycles. The molecule has 4 nitrogen and oxygen atoms in total. The molecule has 0 heterocycles. The number of anilines is 2. The average Bonchev–Trinajstić information content (AvgIpc) is 2.49. The van der Waals surface area contributed by atoms with Crippen molar-refractivity contribution in [3.63, 3.8) is 0 Å². The highest BCUT2D eigenvalue weighted by atomic mass is 16.5. The van der Waals surface area contributed by atoms with Crippen molar-refractivity contribution in [2.45, 2.75) is 32.7 Å². The Balaban J connectivity index is 1.76. The Morgan fingerprint density at radius 3 is 2.17 bits per heavy atom. The fraction of sp³-hybridized carbons (Fsp3) is 0.316. The molecule has 0 aliphatic heterocycles. The van der Waals surface area contributed by atoms with Crippen LogP contribution < -0.4 is 15.4 Å². The third kappa shape index (κ3) is 6.43. The Bertz CT molecular complexity index is 616. The molecule has 4 heteroatoms. The molecule has 0 spiro atoms. The van der Waals surface area contributed by atoms with Crippen LogP contribution >= 0.6 is 0 Å². The van der Waals surface area contributed by atoms with Gasteiger partial charge in [-0.2, -0.15) is 0 Å². The van der Waals surface area contributed by atoms with Crippen LogP contribution in [0, 0.1) is 0 Å². The van der Waals surface area contributed by atoms with E-state index in [1.807, 2.05) is 54.6 Å². The summed E-state index contributed by atoms with van der Waals surface area (Å²) in [5.74, 6) is 0.718. The van der Waals surface area contributed by atoms with E-state index in [1.54, 1.807) is 0 Å². The van der Waals surface area contributed by atoms with Crippen LogP contribution in [0.5, 0.6) is 5.75 Å². The van der Waals surface area contributed by atoms with E-state index >= 15 is 0 Å². The number of benzene rings is 2. The van der Waals surface area contributed by atoms with Crippen LogP contribution in [-0.2, 0) is 4.79 Å². The molecule has 0 aliphatic carbocycles. The van der Waals surface area contributed by atoms with Gasteiger partial charge in [0.15, 0.2) is 0 Å². The summed E-state index contributed by atoms with van der Waals surface area (Å²) in [6, 6.07) is 17.2. The van der Waals surface area contributed by atoms with E-state index in [4.69, 9.17) is 4.74 Å². The third-order valence-electron chi connectivity index (χ3n) is 3.03. The van der Waals surface area contributed by atoms with Gasteiger partial charge in [0.05, 0.1) is 13.0 Å². The minimum absolute atomic E-state index is 0.0134. The minimum atomic E-state index is -0.0579. The van der Waals surface area contributed by atoms with E-state index in [0.29, 0.717) is 13.0 Å². The van der Waals surface area contributed by atoms with Crippen molar-refractivity contribution in [3.05, 3.63) is 54.6 Å². The molecule has 0 saturated carbocycles. The Morgan fingerprint density at radius 1 is 0.957 bits per heavy atom. The van der Waals surface area contributed by atoms with Gasteiger partial charge >= 0.3 is 0 Å². The Kier molecular flexibility index (Phi) is 5.63. The standard InChI is InChI=1S/C19H24N2O2/c1-19(2,3)21-16-11-9-15(10-12-16)20-18(22)13-14-23-17-7-5-4-6-8-17/h4-12,21H,13-14H2,1-3H3,(H,20,22). The highest BCUT2D eigenvalue weighted by Gasteiger charge is 2.09. The maximum Gasteiger partial charge on any atom is 0.227 e. The summed E-state index contributed by atoms with van der Waals surface area (Å²) in [7, 11) is 0. The molecule has 2 rings (SSSR count). The van der Waals surface area contributed by atoms with Crippen molar-refractivity contribution in [1.82, 2.24) is 0 Å². The molecule has 0 fully saturated rings. The number of amides is 1. The molecule has 2 aromatic rings. The van der Waals surface area contributed by atoms with Gasteiger partial charge in [0, 0.05) is 16.9 Å². The van der Waals surface area contributed by atoms with Gasteiger partial charge in [0.25, 0.3) is 0 Å². The van der Waals surface area contributed by atoms with Gasteiger partial charge < -0.3 is 15.4 Å². The largest absolute Gasteiger partial charge is 0.493 e. The van der Waals surface area contributed by atoms with E-state index < -0.39 is 0 Å². The van der Waals surface area contributed by atoms with Crippen molar-refractivity contribution >= 4 is 17.3 Å². The maximum atomic E-state index is 11.9. The number of nitrogens with one attached hydrogen (secondary N) is 2. The van der Waals surface area contributed by atoms with Gasteiger partial charge in [-0.3, -0.25) is 4.79 Å². The highest BCUT2D eigenvalue weighted by Crippen LogP contribution is 2.18. The van der Waals surface area contributed by atoms with Gasteiger partial charge in [0.1, 0.15) is 5.75 Å². The number of carbonyl (C=O) groups is 1. The number of para-hydroxylation sites is 1. The maximum absolute atomic E-state index is 11.9. The lowest BCUT2D eigenvalue weighted by Gasteiger charge is -2.22. The number of rotatable bonds is 6. The van der Waals surface area contributed by atoms with Crippen molar-refractivity contribution in [2.24, 2.45) is 0 Å². The van der Waals surface area contributed by atoms with Crippen molar-refractivity contribution in [3.8, 4) is 5.75 Å². The van der Waals surface area contributed by atoms with Crippen LogP contribution in [0.3, 0.4) is 0 Å². The zero-order chi connectivity index (χ0) is 16.7. The molecule has 0 unspecified atom stereocenters. The molecule has 0 saturated heterocycles. The zero-order valence-electron chi connectivity index (χ0n) is 13.9. The fourth-order valence-corrected chi connectivity index (χ4v) is 2.07. The van der Waals surface area contributed by atoms with Gasteiger partial charge in [-0.15, -0.1) is 0 Å².